The SMILES string of the molecule is COc1ccc(-c2cccc3cc(C(=O)O)n(C)c23)cc1. The van der Waals surface area contributed by atoms with Gasteiger partial charge < -0.3 is 14.4 Å². The number of fused-ring (bicyclic) bond motifs is 1. The van der Waals surface area contributed by atoms with Crippen LogP contribution in [0.5, 0.6) is 5.75 Å². The molecule has 0 unspecified atom stereocenters. The standard InChI is InChI=1S/C17H15NO3/c1-18-15(17(19)20)10-12-4-3-5-14(16(12)18)11-6-8-13(21-2)9-7-11/h3-10H,1-2H3,(H,19,20). The third kappa shape index (κ3) is 2.14. The fourth-order valence-electron chi connectivity index (χ4n) is 2.63. The van der Waals surface area contributed by atoms with Crippen molar-refractivity contribution in [2.75, 3.05) is 7.11 Å². The maximum Gasteiger partial charge on any atom is 0.352 e. The lowest BCUT2D eigenvalue weighted by Crippen LogP contribution is -2.04. The van der Waals surface area contributed by atoms with Gasteiger partial charge in [-0.05, 0) is 23.8 Å². The molecule has 1 aromatic heterocycles. The number of aromatic nitrogens is 1. The van der Waals surface area contributed by atoms with Crippen molar-refractivity contribution in [3.8, 4) is 16.9 Å². The van der Waals surface area contributed by atoms with E-state index in [0.29, 0.717) is 0 Å². The van der Waals surface area contributed by atoms with Crippen LogP contribution in [0.3, 0.4) is 0 Å². The zero-order valence-corrected chi connectivity index (χ0v) is 11.8. The number of rotatable bonds is 3. The van der Waals surface area contributed by atoms with Crippen LogP contribution < -0.4 is 4.74 Å². The molecule has 106 valence electrons. The normalized spacial score (nSPS) is 10.8. The van der Waals surface area contributed by atoms with Gasteiger partial charge in [0.15, 0.2) is 0 Å². The summed E-state index contributed by atoms with van der Waals surface area (Å²) >= 11 is 0. The van der Waals surface area contributed by atoms with Crippen molar-refractivity contribution in [2.45, 2.75) is 0 Å². The van der Waals surface area contributed by atoms with Crippen LogP contribution in [0.15, 0.2) is 48.5 Å². The van der Waals surface area contributed by atoms with Crippen LogP contribution >= 0.6 is 0 Å². The molecule has 21 heavy (non-hydrogen) atoms. The third-order valence-electron chi connectivity index (χ3n) is 3.68. The van der Waals surface area contributed by atoms with E-state index in [1.54, 1.807) is 24.8 Å². The van der Waals surface area contributed by atoms with Crippen molar-refractivity contribution in [1.82, 2.24) is 4.57 Å². The molecule has 1 N–H and O–H groups in total. The first-order valence-electron chi connectivity index (χ1n) is 6.58. The van der Waals surface area contributed by atoms with E-state index in [1.807, 2.05) is 42.5 Å². The average Bonchev–Trinajstić information content (AvgIpc) is 2.85. The van der Waals surface area contributed by atoms with Gasteiger partial charge in [-0.15, -0.1) is 0 Å². The minimum absolute atomic E-state index is 0.283. The topological polar surface area (TPSA) is 51.5 Å². The number of nitrogens with zero attached hydrogens (tertiary/aromatic N) is 1. The Morgan fingerprint density at radius 3 is 2.48 bits per heavy atom. The van der Waals surface area contributed by atoms with Gasteiger partial charge in [-0.1, -0.05) is 30.3 Å². The molecule has 3 aromatic rings. The Balaban J connectivity index is 2.24. The first-order valence-corrected chi connectivity index (χ1v) is 6.58. The molecule has 2 aromatic carbocycles. The summed E-state index contributed by atoms with van der Waals surface area (Å²) < 4.78 is 6.89. The second kappa shape index (κ2) is 4.98. The largest absolute Gasteiger partial charge is 0.497 e. The van der Waals surface area contributed by atoms with E-state index in [1.165, 1.54) is 0 Å². The summed E-state index contributed by atoms with van der Waals surface area (Å²) in [6.07, 6.45) is 0. The first-order chi connectivity index (χ1) is 10.1. The molecule has 0 spiro atoms. The minimum Gasteiger partial charge on any atom is -0.497 e. The minimum atomic E-state index is -0.922. The fourth-order valence-corrected chi connectivity index (χ4v) is 2.63. The molecular weight excluding hydrogens is 266 g/mol. The van der Waals surface area contributed by atoms with Crippen molar-refractivity contribution >= 4 is 16.9 Å². The molecule has 0 aliphatic heterocycles. The molecule has 0 amide bonds. The highest BCUT2D eigenvalue weighted by atomic mass is 16.5. The van der Waals surface area contributed by atoms with E-state index in [4.69, 9.17) is 4.74 Å². The van der Waals surface area contributed by atoms with Crippen LogP contribution in [0.2, 0.25) is 0 Å². The van der Waals surface area contributed by atoms with Gasteiger partial charge >= 0.3 is 5.97 Å². The lowest BCUT2D eigenvalue weighted by atomic mass is 10.0. The van der Waals surface area contributed by atoms with E-state index in [9.17, 15) is 9.90 Å². The maximum atomic E-state index is 11.3. The summed E-state index contributed by atoms with van der Waals surface area (Å²) in [5.74, 6) is -0.126. The van der Waals surface area contributed by atoms with Gasteiger partial charge in [0.2, 0.25) is 0 Å². The molecule has 3 rings (SSSR count). The number of methoxy groups -OCH3 is 1. The van der Waals surface area contributed by atoms with Gasteiger partial charge in [-0.3, -0.25) is 0 Å². The smallest absolute Gasteiger partial charge is 0.352 e. The number of hydrogen-bond donors (Lipinski definition) is 1. The number of hydrogen-bond acceptors (Lipinski definition) is 2. The van der Waals surface area contributed by atoms with Crippen molar-refractivity contribution in [1.29, 1.82) is 0 Å². The zero-order valence-electron chi connectivity index (χ0n) is 11.8. The number of ether oxygens (including phenoxy) is 1. The van der Waals surface area contributed by atoms with Gasteiger partial charge in [0.25, 0.3) is 0 Å². The molecular formula is C17H15NO3. The Bertz CT molecular complexity index is 816. The third-order valence-corrected chi connectivity index (χ3v) is 3.68. The second-order valence-electron chi connectivity index (χ2n) is 4.87. The van der Waals surface area contributed by atoms with Crippen molar-refractivity contribution in [2.24, 2.45) is 7.05 Å². The van der Waals surface area contributed by atoms with Gasteiger partial charge in [-0.2, -0.15) is 0 Å². The summed E-state index contributed by atoms with van der Waals surface area (Å²) in [6.45, 7) is 0. The van der Waals surface area contributed by atoms with Gasteiger partial charge in [0, 0.05) is 18.0 Å². The number of aryl methyl sites for hydroxylation is 1. The highest BCUT2D eigenvalue weighted by Gasteiger charge is 2.15. The molecule has 0 fully saturated rings. The van der Waals surface area contributed by atoms with E-state index >= 15 is 0 Å². The van der Waals surface area contributed by atoms with Gasteiger partial charge in [0.05, 0.1) is 12.6 Å². The van der Waals surface area contributed by atoms with E-state index in [-0.39, 0.29) is 5.69 Å². The first kappa shape index (κ1) is 13.2. The zero-order chi connectivity index (χ0) is 15.0. The van der Waals surface area contributed by atoms with Crippen molar-refractivity contribution < 1.29 is 14.6 Å². The molecule has 0 aliphatic carbocycles. The number of carbonyl (C=O) groups is 1. The quantitative estimate of drug-likeness (QED) is 0.798. The molecule has 0 bridgehead atoms. The van der Waals surface area contributed by atoms with E-state index in [2.05, 4.69) is 0 Å². The maximum absolute atomic E-state index is 11.3. The van der Waals surface area contributed by atoms with E-state index in [0.717, 1.165) is 27.8 Å². The predicted octanol–water partition coefficient (Wildman–Crippen LogP) is 3.55. The molecule has 0 atom stereocenters. The summed E-state index contributed by atoms with van der Waals surface area (Å²) in [6, 6.07) is 15.3. The number of carboxylic acid groups (broad SMARTS) is 1. The molecule has 1 heterocycles. The average molecular weight is 281 g/mol. The van der Waals surface area contributed by atoms with Gasteiger partial charge in [-0.25, -0.2) is 4.79 Å². The van der Waals surface area contributed by atoms with E-state index < -0.39 is 5.97 Å². The number of aromatic carboxylic acids is 1. The Hall–Kier alpha value is -2.75. The molecule has 4 nitrogen and oxygen atoms in total. The van der Waals surface area contributed by atoms with Crippen LogP contribution in [0, 0.1) is 0 Å². The highest BCUT2D eigenvalue weighted by Crippen LogP contribution is 2.31. The molecule has 0 saturated carbocycles. The lowest BCUT2D eigenvalue weighted by Gasteiger charge is -2.08. The second-order valence-corrected chi connectivity index (χ2v) is 4.87. The fraction of sp³-hybridized carbons (Fsp3) is 0.118. The number of para-hydroxylation sites is 1. The predicted molar refractivity (Wildman–Crippen MR) is 81.9 cm³/mol. The Kier molecular flexibility index (Phi) is 3.14. The van der Waals surface area contributed by atoms with Crippen LogP contribution in [-0.2, 0) is 7.05 Å². The highest BCUT2D eigenvalue weighted by molar-refractivity contribution is 6.00. The Morgan fingerprint density at radius 1 is 1.14 bits per heavy atom. The van der Waals surface area contributed by atoms with Crippen LogP contribution in [0.25, 0.3) is 22.0 Å². The van der Waals surface area contributed by atoms with Gasteiger partial charge in [0.1, 0.15) is 11.4 Å². The summed E-state index contributed by atoms with van der Waals surface area (Å²) in [4.78, 5) is 11.3. The number of benzene rings is 2. The lowest BCUT2D eigenvalue weighted by molar-refractivity contribution is 0.0687. The molecule has 0 aliphatic rings. The molecule has 4 heteroatoms. The van der Waals surface area contributed by atoms with Crippen molar-refractivity contribution in [3.05, 3.63) is 54.2 Å². The van der Waals surface area contributed by atoms with Crippen LogP contribution in [0.4, 0.5) is 0 Å². The Labute approximate surface area is 122 Å². The Morgan fingerprint density at radius 2 is 1.86 bits per heavy atom. The molecule has 0 saturated heterocycles. The monoisotopic (exact) mass is 281 g/mol. The summed E-state index contributed by atoms with van der Waals surface area (Å²) in [5, 5.41) is 10.2. The summed E-state index contributed by atoms with van der Waals surface area (Å²) in [5.41, 5.74) is 3.23. The van der Waals surface area contributed by atoms with Crippen molar-refractivity contribution in [3.63, 3.8) is 0 Å². The number of carboxylic acids is 1. The van der Waals surface area contributed by atoms with Crippen LogP contribution in [0.1, 0.15) is 10.5 Å². The van der Waals surface area contributed by atoms with Crippen LogP contribution in [-0.4, -0.2) is 22.8 Å². The molecule has 0 radical (unpaired) electrons. The summed E-state index contributed by atoms with van der Waals surface area (Å²) in [7, 11) is 3.41.